The van der Waals surface area contributed by atoms with Gasteiger partial charge in [0.25, 0.3) is 0 Å². The Balaban J connectivity index is 0.000000774. The van der Waals surface area contributed by atoms with Crippen molar-refractivity contribution in [2.24, 2.45) is 0 Å². The van der Waals surface area contributed by atoms with Crippen LogP contribution in [0.15, 0.2) is 40.7 Å². The molecule has 1 aliphatic heterocycles. The van der Waals surface area contributed by atoms with Crippen molar-refractivity contribution in [1.29, 1.82) is 0 Å². The molecule has 2 heterocycles. The normalized spacial score (nSPS) is 13.8. The predicted molar refractivity (Wildman–Crippen MR) is 91.0 cm³/mol. The van der Waals surface area contributed by atoms with Crippen molar-refractivity contribution in [3.05, 3.63) is 35.8 Å². The van der Waals surface area contributed by atoms with Crippen molar-refractivity contribution >= 4 is 40.0 Å². The van der Waals surface area contributed by atoms with Gasteiger partial charge in [-0.1, -0.05) is 13.8 Å². The Labute approximate surface area is 133 Å². The molecule has 21 heavy (non-hydrogen) atoms. The number of anilines is 2. The van der Waals surface area contributed by atoms with Crippen LogP contribution in [-0.4, -0.2) is 17.4 Å². The summed E-state index contributed by atoms with van der Waals surface area (Å²) >= 11 is 3.09. The average Bonchev–Trinajstić information content (AvgIpc) is 3.19. The van der Waals surface area contributed by atoms with Gasteiger partial charge >= 0.3 is 0 Å². The van der Waals surface area contributed by atoms with Crippen molar-refractivity contribution in [3.8, 4) is 0 Å². The fourth-order valence-corrected chi connectivity index (χ4v) is 3.21. The summed E-state index contributed by atoms with van der Waals surface area (Å²) in [6, 6.07) is 8.03. The Morgan fingerprint density at radius 1 is 1.29 bits per heavy atom. The smallest absolute Gasteiger partial charge is 0.227 e. The van der Waals surface area contributed by atoms with E-state index in [-0.39, 0.29) is 5.91 Å². The molecule has 1 aromatic heterocycles. The molecule has 0 bridgehead atoms. The first-order valence-corrected chi connectivity index (χ1v) is 8.75. The maximum Gasteiger partial charge on any atom is 0.227 e. The third kappa shape index (κ3) is 4.22. The van der Waals surface area contributed by atoms with Crippen molar-refractivity contribution < 1.29 is 4.79 Å². The van der Waals surface area contributed by atoms with Crippen LogP contribution in [0.25, 0.3) is 0 Å². The van der Waals surface area contributed by atoms with Gasteiger partial charge in [0, 0.05) is 35.1 Å². The van der Waals surface area contributed by atoms with Gasteiger partial charge in [0.05, 0.1) is 0 Å². The summed E-state index contributed by atoms with van der Waals surface area (Å²) in [4.78, 5) is 18.8. The van der Waals surface area contributed by atoms with E-state index >= 15 is 0 Å². The van der Waals surface area contributed by atoms with E-state index in [2.05, 4.69) is 9.71 Å². The minimum atomic E-state index is 0.223. The monoisotopic (exact) mass is 321 g/mol. The molecule has 4 nitrogen and oxygen atoms in total. The molecule has 1 saturated heterocycles. The molecule has 1 amide bonds. The van der Waals surface area contributed by atoms with E-state index in [0.717, 1.165) is 28.7 Å². The first-order chi connectivity index (χ1) is 10.3. The Bertz CT molecular complexity index is 555. The quantitative estimate of drug-likeness (QED) is 0.847. The van der Waals surface area contributed by atoms with Crippen molar-refractivity contribution in [2.75, 3.05) is 16.2 Å². The Morgan fingerprint density at radius 3 is 2.62 bits per heavy atom. The fraction of sp³-hybridized carbons (Fsp3) is 0.333. The first kappa shape index (κ1) is 15.9. The second kappa shape index (κ2) is 8.05. The zero-order valence-corrected chi connectivity index (χ0v) is 13.8. The van der Waals surface area contributed by atoms with E-state index < -0.39 is 0 Å². The number of carbonyl (C=O) groups is 1. The van der Waals surface area contributed by atoms with Crippen LogP contribution in [0.2, 0.25) is 0 Å². The summed E-state index contributed by atoms with van der Waals surface area (Å²) in [5.74, 6) is 0.223. The number of amides is 1. The maximum absolute atomic E-state index is 11.6. The lowest BCUT2D eigenvalue weighted by Gasteiger charge is -2.15. The second-order valence-corrected chi connectivity index (χ2v) is 5.96. The molecule has 1 N–H and O–H groups in total. The minimum absolute atomic E-state index is 0.223. The Kier molecular flexibility index (Phi) is 6.07. The standard InChI is InChI=1S/C13H13N3OS2.C2H6/c17-12-2-1-8-16(12)10-3-5-11(6-4-10)19-15-13-14-7-9-18-13;1-2/h3-7,9H,1-2,8H2,(H,14,15);1-2H3. The molecule has 6 heteroatoms. The number of rotatable bonds is 4. The highest BCUT2D eigenvalue weighted by Gasteiger charge is 2.21. The zero-order chi connectivity index (χ0) is 15.1. The molecule has 0 radical (unpaired) electrons. The molecule has 0 spiro atoms. The van der Waals surface area contributed by atoms with Gasteiger partial charge in [-0.05, 0) is 42.6 Å². The number of nitrogens with zero attached hydrogens (tertiary/aromatic N) is 2. The molecule has 2 aromatic rings. The third-order valence-corrected chi connectivity index (χ3v) is 4.53. The summed E-state index contributed by atoms with van der Waals surface area (Å²) in [5, 5.41) is 2.83. The molecular weight excluding hydrogens is 302 g/mol. The highest BCUT2D eigenvalue weighted by molar-refractivity contribution is 8.00. The van der Waals surface area contributed by atoms with Gasteiger partial charge in [-0.25, -0.2) is 4.98 Å². The van der Waals surface area contributed by atoms with E-state index in [1.165, 1.54) is 11.9 Å². The van der Waals surface area contributed by atoms with Gasteiger partial charge in [-0.2, -0.15) is 0 Å². The lowest BCUT2D eigenvalue weighted by Crippen LogP contribution is -2.23. The van der Waals surface area contributed by atoms with Crippen molar-refractivity contribution in [1.82, 2.24) is 4.98 Å². The fourth-order valence-electron chi connectivity index (χ4n) is 1.99. The SMILES string of the molecule is CC.O=C1CCCN1c1ccc(SNc2nccs2)cc1. The van der Waals surface area contributed by atoms with E-state index in [1.807, 2.05) is 48.4 Å². The van der Waals surface area contributed by atoms with E-state index in [9.17, 15) is 4.79 Å². The zero-order valence-electron chi connectivity index (χ0n) is 12.2. The predicted octanol–water partition coefficient (Wildman–Crippen LogP) is 4.42. The van der Waals surface area contributed by atoms with Crippen LogP contribution in [0, 0.1) is 0 Å². The molecular formula is C15H19N3OS2. The Hall–Kier alpha value is -1.53. The number of aromatic nitrogens is 1. The van der Waals surface area contributed by atoms with Crippen molar-refractivity contribution in [2.45, 2.75) is 31.6 Å². The van der Waals surface area contributed by atoms with E-state index in [0.29, 0.717) is 6.42 Å². The van der Waals surface area contributed by atoms with Gasteiger partial charge < -0.3 is 9.62 Å². The molecule has 0 atom stereocenters. The lowest BCUT2D eigenvalue weighted by atomic mass is 10.3. The lowest BCUT2D eigenvalue weighted by molar-refractivity contribution is -0.117. The number of nitrogens with one attached hydrogen (secondary N) is 1. The molecule has 3 rings (SSSR count). The van der Waals surface area contributed by atoms with Crippen LogP contribution in [0.5, 0.6) is 0 Å². The van der Waals surface area contributed by atoms with E-state index in [4.69, 9.17) is 0 Å². The summed E-state index contributed by atoms with van der Waals surface area (Å²) in [6.45, 7) is 4.84. The van der Waals surface area contributed by atoms with E-state index in [1.54, 1.807) is 17.5 Å². The summed E-state index contributed by atoms with van der Waals surface area (Å²) in [5.41, 5.74) is 0.987. The summed E-state index contributed by atoms with van der Waals surface area (Å²) in [6.07, 6.45) is 3.40. The average molecular weight is 321 g/mol. The van der Waals surface area contributed by atoms with Crippen LogP contribution in [0.4, 0.5) is 10.8 Å². The van der Waals surface area contributed by atoms with Crippen LogP contribution in [-0.2, 0) is 4.79 Å². The molecule has 0 unspecified atom stereocenters. The minimum Gasteiger partial charge on any atom is -0.312 e. The van der Waals surface area contributed by atoms with Gasteiger partial charge in [0.15, 0.2) is 5.13 Å². The highest BCUT2D eigenvalue weighted by Crippen LogP contribution is 2.26. The third-order valence-electron chi connectivity index (χ3n) is 2.91. The summed E-state index contributed by atoms with van der Waals surface area (Å²) < 4.78 is 3.18. The van der Waals surface area contributed by atoms with Gasteiger partial charge in [0.1, 0.15) is 0 Å². The topological polar surface area (TPSA) is 45.2 Å². The number of hydrogen-bond acceptors (Lipinski definition) is 5. The number of benzene rings is 1. The molecule has 0 aliphatic carbocycles. The Morgan fingerprint density at radius 2 is 2.05 bits per heavy atom. The van der Waals surface area contributed by atoms with Crippen LogP contribution >= 0.6 is 23.3 Å². The molecule has 1 aliphatic rings. The first-order valence-electron chi connectivity index (χ1n) is 7.06. The second-order valence-electron chi connectivity index (χ2n) is 4.18. The molecule has 1 fully saturated rings. The van der Waals surface area contributed by atoms with Gasteiger partial charge in [0.2, 0.25) is 5.91 Å². The van der Waals surface area contributed by atoms with Crippen molar-refractivity contribution in [3.63, 3.8) is 0 Å². The number of carbonyl (C=O) groups excluding carboxylic acids is 1. The largest absolute Gasteiger partial charge is 0.312 e. The maximum atomic E-state index is 11.6. The number of thiazole rings is 1. The molecule has 1 aromatic carbocycles. The summed E-state index contributed by atoms with van der Waals surface area (Å²) in [7, 11) is 0. The molecule has 0 saturated carbocycles. The van der Waals surface area contributed by atoms with Crippen LogP contribution in [0.1, 0.15) is 26.7 Å². The van der Waals surface area contributed by atoms with Gasteiger partial charge in [-0.15, -0.1) is 11.3 Å². The van der Waals surface area contributed by atoms with Crippen LogP contribution in [0.3, 0.4) is 0 Å². The van der Waals surface area contributed by atoms with Crippen LogP contribution < -0.4 is 9.62 Å². The van der Waals surface area contributed by atoms with Gasteiger partial charge in [-0.3, -0.25) is 4.79 Å². The highest BCUT2D eigenvalue weighted by atomic mass is 32.2. The molecule has 112 valence electrons. The number of hydrogen-bond donors (Lipinski definition) is 1.